The topological polar surface area (TPSA) is 41.5 Å². The molecule has 19 heavy (non-hydrogen) atoms. The van der Waals surface area contributed by atoms with Crippen LogP contribution in [0, 0.1) is 26.7 Å². The fourth-order valence-electron chi connectivity index (χ4n) is 2.39. The van der Waals surface area contributed by atoms with Crippen LogP contribution in [0.2, 0.25) is 0 Å². The number of hydrogen-bond donors (Lipinski definition) is 2. The van der Waals surface area contributed by atoms with Gasteiger partial charge in [-0.2, -0.15) is 0 Å². The molecule has 0 aromatic heterocycles. The van der Waals surface area contributed by atoms with Gasteiger partial charge in [-0.25, -0.2) is 0 Å². The Kier molecular flexibility index (Phi) is 6.32. The Bertz CT molecular complexity index is 412. The lowest BCUT2D eigenvalue weighted by molar-refractivity contribution is 0.218. The average Bonchev–Trinajstić information content (AvgIpc) is 2.41. The Morgan fingerprint density at radius 3 is 2.47 bits per heavy atom. The van der Waals surface area contributed by atoms with Crippen molar-refractivity contribution in [3.63, 3.8) is 0 Å². The van der Waals surface area contributed by atoms with Crippen LogP contribution in [-0.2, 0) is 6.54 Å². The predicted molar refractivity (Wildman–Crippen MR) is 79.8 cm³/mol. The molecule has 0 saturated heterocycles. The van der Waals surface area contributed by atoms with E-state index in [2.05, 4.69) is 39.1 Å². The third-order valence-electron chi connectivity index (χ3n) is 3.92. The summed E-state index contributed by atoms with van der Waals surface area (Å²) in [6.45, 7) is 10.4. The zero-order valence-corrected chi connectivity index (χ0v) is 12.8. The van der Waals surface area contributed by atoms with Crippen LogP contribution in [0.4, 0.5) is 0 Å². The van der Waals surface area contributed by atoms with E-state index in [4.69, 9.17) is 4.74 Å². The lowest BCUT2D eigenvalue weighted by Gasteiger charge is -2.17. The van der Waals surface area contributed by atoms with E-state index in [1.807, 2.05) is 0 Å². The number of methoxy groups -OCH3 is 1. The summed E-state index contributed by atoms with van der Waals surface area (Å²) in [6, 6.07) is 2.19. The quantitative estimate of drug-likeness (QED) is 0.796. The number of benzene rings is 1. The summed E-state index contributed by atoms with van der Waals surface area (Å²) in [4.78, 5) is 0. The molecule has 0 saturated carbocycles. The van der Waals surface area contributed by atoms with E-state index < -0.39 is 0 Å². The van der Waals surface area contributed by atoms with Crippen LogP contribution in [0.5, 0.6) is 5.75 Å². The molecule has 1 atom stereocenters. The molecule has 0 heterocycles. The van der Waals surface area contributed by atoms with Crippen LogP contribution in [0.15, 0.2) is 6.07 Å². The minimum atomic E-state index is 0.253. The fourth-order valence-corrected chi connectivity index (χ4v) is 2.39. The van der Waals surface area contributed by atoms with E-state index in [1.165, 1.54) is 22.3 Å². The van der Waals surface area contributed by atoms with E-state index >= 15 is 0 Å². The first-order valence-electron chi connectivity index (χ1n) is 7.00. The molecule has 108 valence electrons. The predicted octanol–water partition coefficient (Wildman–Crippen LogP) is 2.73. The third-order valence-corrected chi connectivity index (χ3v) is 3.92. The zero-order chi connectivity index (χ0) is 14.4. The molecule has 1 rings (SSSR count). The van der Waals surface area contributed by atoms with Gasteiger partial charge >= 0.3 is 0 Å². The highest BCUT2D eigenvalue weighted by Gasteiger charge is 2.11. The average molecular weight is 265 g/mol. The molecule has 1 unspecified atom stereocenters. The van der Waals surface area contributed by atoms with E-state index in [1.54, 1.807) is 7.11 Å². The first kappa shape index (κ1) is 16.0. The Morgan fingerprint density at radius 2 is 1.95 bits per heavy atom. The first-order valence-corrected chi connectivity index (χ1v) is 7.00. The number of hydrogen-bond acceptors (Lipinski definition) is 3. The van der Waals surface area contributed by atoms with Crippen LogP contribution in [0.25, 0.3) is 0 Å². The van der Waals surface area contributed by atoms with Gasteiger partial charge in [0, 0.05) is 19.7 Å². The van der Waals surface area contributed by atoms with Crippen LogP contribution < -0.4 is 10.1 Å². The molecule has 0 aliphatic carbocycles. The first-order chi connectivity index (χ1) is 9.04. The smallest absolute Gasteiger partial charge is 0.124 e. The van der Waals surface area contributed by atoms with Gasteiger partial charge in [0.25, 0.3) is 0 Å². The second-order valence-electron chi connectivity index (χ2n) is 5.22. The highest BCUT2D eigenvalue weighted by molar-refractivity contribution is 5.48. The second-order valence-corrected chi connectivity index (χ2v) is 5.22. The zero-order valence-electron chi connectivity index (χ0n) is 12.8. The maximum Gasteiger partial charge on any atom is 0.124 e. The van der Waals surface area contributed by atoms with Gasteiger partial charge in [-0.05, 0) is 55.4 Å². The standard InChI is InChI=1S/C16H27NO2/c1-6-14(10-18)8-17-9-15-7-11(2)16(19-5)13(4)12(15)3/h7,14,17-18H,6,8-10H2,1-5H3. The molecule has 0 radical (unpaired) electrons. The van der Waals surface area contributed by atoms with Gasteiger partial charge in [0.05, 0.1) is 7.11 Å². The summed E-state index contributed by atoms with van der Waals surface area (Å²) in [7, 11) is 1.72. The number of aryl methyl sites for hydroxylation is 1. The molecule has 0 fully saturated rings. The van der Waals surface area contributed by atoms with E-state index in [0.29, 0.717) is 5.92 Å². The molecule has 1 aromatic rings. The molecule has 0 bridgehead atoms. The van der Waals surface area contributed by atoms with E-state index in [9.17, 15) is 5.11 Å². The molecule has 3 nitrogen and oxygen atoms in total. The minimum Gasteiger partial charge on any atom is -0.496 e. The summed E-state index contributed by atoms with van der Waals surface area (Å²) >= 11 is 0. The molecule has 2 N–H and O–H groups in total. The van der Waals surface area contributed by atoms with Crippen molar-refractivity contribution in [1.82, 2.24) is 5.32 Å². The van der Waals surface area contributed by atoms with Crippen LogP contribution in [0.1, 0.15) is 35.6 Å². The van der Waals surface area contributed by atoms with Crippen molar-refractivity contribution in [2.75, 3.05) is 20.3 Å². The maximum absolute atomic E-state index is 9.18. The Labute approximate surface area is 117 Å². The van der Waals surface area contributed by atoms with Gasteiger partial charge in [-0.3, -0.25) is 0 Å². The summed E-state index contributed by atoms with van der Waals surface area (Å²) in [5, 5.41) is 12.6. The fraction of sp³-hybridized carbons (Fsp3) is 0.625. The number of aliphatic hydroxyl groups excluding tert-OH is 1. The lowest BCUT2D eigenvalue weighted by atomic mass is 9.98. The number of nitrogens with one attached hydrogen (secondary N) is 1. The Balaban J connectivity index is 2.74. The van der Waals surface area contributed by atoms with Crippen molar-refractivity contribution in [2.45, 2.75) is 40.7 Å². The van der Waals surface area contributed by atoms with Crippen molar-refractivity contribution in [3.05, 3.63) is 28.3 Å². The van der Waals surface area contributed by atoms with Crippen LogP contribution in [0.3, 0.4) is 0 Å². The van der Waals surface area contributed by atoms with Gasteiger partial charge in [0.2, 0.25) is 0 Å². The van der Waals surface area contributed by atoms with Gasteiger partial charge < -0.3 is 15.2 Å². The van der Waals surface area contributed by atoms with Crippen molar-refractivity contribution in [2.24, 2.45) is 5.92 Å². The van der Waals surface area contributed by atoms with Crippen molar-refractivity contribution in [1.29, 1.82) is 0 Å². The molecule has 0 aliphatic heterocycles. The lowest BCUT2D eigenvalue weighted by Crippen LogP contribution is -2.24. The summed E-state index contributed by atoms with van der Waals surface area (Å²) in [5.41, 5.74) is 4.99. The normalized spacial score (nSPS) is 12.5. The van der Waals surface area contributed by atoms with Crippen molar-refractivity contribution in [3.8, 4) is 5.75 Å². The van der Waals surface area contributed by atoms with Crippen molar-refractivity contribution < 1.29 is 9.84 Å². The van der Waals surface area contributed by atoms with Crippen LogP contribution >= 0.6 is 0 Å². The van der Waals surface area contributed by atoms with Crippen LogP contribution in [-0.4, -0.2) is 25.4 Å². The van der Waals surface area contributed by atoms with Gasteiger partial charge in [-0.15, -0.1) is 0 Å². The third kappa shape index (κ3) is 3.95. The molecule has 1 aromatic carbocycles. The number of rotatable bonds is 7. The number of ether oxygens (including phenoxy) is 1. The number of aliphatic hydroxyl groups is 1. The summed E-state index contributed by atoms with van der Waals surface area (Å²) < 4.78 is 5.44. The Morgan fingerprint density at radius 1 is 1.26 bits per heavy atom. The molecular weight excluding hydrogens is 238 g/mol. The van der Waals surface area contributed by atoms with Gasteiger partial charge in [0.1, 0.15) is 5.75 Å². The molecule has 0 aliphatic rings. The summed E-state index contributed by atoms with van der Waals surface area (Å²) in [6.07, 6.45) is 1.00. The highest BCUT2D eigenvalue weighted by Crippen LogP contribution is 2.28. The monoisotopic (exact) mass is 265 g/mol. The summed E-state index contributed by atoms with van der Waals surface area (Å²) in [5.74, 6) is 1.34. The van der Waals surface area contributed by atoms with E-state index in [0.717, 1.165) is 25.3 Å². The molecule has 0 spiro atoms. The van der Waals surface area contributed by atoms with Crippen molar-refractivity contribution >= 4 is 0 Å². The van der Waals surface area contributed by atoms with Gasteiger partial charge in [0.15, 0.2) is 0 Å². The van der Waals surface area contributed by atoms with Gasteiger partial charge in [-0.1, -0.05) is 13.0 Å². The maximum atomic E-state index is 9.18. The largest absolute Gasteiger partial charge is 0.496 e. The highest BCUT2D eigenvalue weighted by atomic mass is 16.5. The molecule has 0 amide bonds. The Hall–Kier alpha value is -1.06. The molecule has 3 heteroatoms. The van der Waals surface area contributed by atoms with E-state index in [-0.39, 0.29) is 6.61 Å². The molecular formula is C16H27NO2. The second kappa shape index (κ2) is 7.51. The SMILES string of the molecule is CCC(CO)CNCc1cc(C)c(OC)c(C)c1C. The minimum absolute atomic E-state index is 0.253.